The number of likely N-dealkylation sites (tertiary alicyclic amines) is 1. The number of carbonyl (C=O) groups is 1. The van der Waals surface area contributed by atoms with Gasteiger partial charge in [0.2, 0.25) is 0 Å². The first kappa shape index (κ1) is 16.4. The third-order valence-corrected chi connectivity index (χ3v) is 5.61. The van der Waals surface area contributed by atoms with Crippen molar-refractivity contribution in [3.05, 3.63) is 42.5 Å². The van der Waals surface area contributed by atoms with Crippen LogP contribution in [-0.4, -0.2) is 43.7 Å². The Morgan fingerprint density at radius 3 is 2.60 bits per heavy atom. The lowest BCUT2D eigenvalue weighted by atomic mass is 9.84. The molecule has 25 heavy (non-hydrogen) atoms. The summed E-state index contributed by atoms with van der Waals surface area (Å²) < 4.78 is 11.2. The molecule has 0 bridgehead atoms. The summed E-state index contributed by atoms with van der Waals surface area (Å²) in [5, 5.41) is 2.31. The maximum atomic E-state index is 12.4. The summed E-state index contributed by atoms with van der Waals surface area (Å²) in [6, 6.07) is 14.1. The van der Waals surface area contributed by atoms with Gasteiger partial charge >= 0.3 is 0 Å². The zero-order valence-electron chi connectivity index (χ0n) is 14.5. The number of amides is 1. The summed E-state index contributed by atoms with van der Waals surface area (Å²) in [5.74, 6) is 2.26. The lowest BCUT2D eigenvalue weighted by molar-refractivity contribution is -0.135. The molecule has 2 saturated heterocycles. The minimum absolute atomic E-state index is 0.0919. The molecular formula is C21H25NO3. The first-order valence-corrected chi connectivity index (χ1v) is 9.27. The molecule has 2 fully saturated rings. The van der Waals surface area contributed by atoms with Crippen LogP contribution in [0.1, 0.15) is 19.3 Å². The van der Waals surface area contributed by atoms with Crippen molar-refractivity contribution in [1.29, 1.82) is 0 Å². The van der Waals surface area contributed by atoms with Gasteiger partial charge in [-0.1, -0.05) is 30.3 Å². The third kappa shape index (κ3) is 3.79. The van der Waals surface area contributed by atoms with Gasteiger partial charge in [-0.15, -0.1) is 0 Å². The number of hydrogen-bond acceptors (Lipinski definition) is 3. The molecule has 0 aliphatic carbocycles. The molecule has 1 amide bonds. The molecule has 2 aromatic carbocycles. The lowest BCUT2D eigenvalue weighted by Gasteiger charge is -2.34. The van der Waals surface area contributed by atoms with Crippen molar-refractivity contribution < 1.29 is 14.3 Å². The van der Waals surface area contributed by atoms with E-state index in [-0.39, 0.29) is 12.5 Å². The maximum Gasteiger partial charge on any atom is 0.260 e. The van der Waals surface area contributed by atoms with Gasteiger partial charge in [-0.25, -0.2) is 0 Å². The Bertz CT molecular complexity index is 731. The van der Waals surface area contributed by atoms with Crippen molar-refractivity contribution >= 4 is 16.7 Å². The largest absolute Gasteiger partial charge is 0.484 e. The normalized spacial score (nSPS) is 21.6. The molecule has 2 heterocycles. The van der Waals surface area contributed by atoms with Gasteiger partial charge in [-0.3, -0.25) is 4.79 Å². The standard InChI is InChI=1S/C21H25NO3/c23-21(22-10-7-17(8-11-22)19-9-12-24-14-19)15-25-20-6-5-16-3-1-2-4-18(16)13-20/h1-6,13,17,19H,7-12,14-15H2. The fourth-order valence-corrected chi connectivity index (χ4v) is 4.04. The first-order chi connectivity index (χ1) is 12.3. The molecule has 0 radical (unpaired) electrons. The molecule has 1 atom stereocenters. The SMILES string of the molecule is O=C(COc1ccc2ccccc2c1)N1CCC(C2CCOC2)CC1. The lowest BCUT2D eigenvalue weighted by Crippen LogP contribution is -2.42. The predicted molar refractivity (Wildman–Crippen MR) is 97.7 cm³/mol. The first-order valence-electron chi connectivity index (χ1n) is 9.27. The van der Waals surface area contributed by atoms with Crippen LogP contribution in [0.25, 0.3) is 10.8 Å². The Balaban J connectivity index is 1.28. The number of benzene rings is 2. The van der Waals surface area contributed by atoms with Crippen LogP contribution in [0.2, 0.25) is 0 Å². The van der Waals surface area contributed by atoms with Gasteiger partial charge < -0.3 is 14.4 Å². The summed E-state index contributed by atoms with van der Waals surface area (Å²) in [7, 11) is 0. The van der Waals surface area contributed by atoms with Crippen molar-refractivity contribution in [2.75, 3.05) is 32.9 Å². The van der Waals surface area contributed by atoms with Crippen molar-refractivity contribution in [2.24, 2.45) is 11.8 Å². The number of piperidine rings is 1. The molecule has 4 heteroatoms. The Labute approximate surface area is 148 Å². The summed E-state index contributed by atoms with van der Waals surface area (Å²) in [6.07, 6.45) is 3.37. The average Bonchev–Trinajstić information content (AvgIpc) is 3.21. The van der Waals surface area contributed by atoms with E-state index in [1.165, 1.54) is 11.8 Å². The minimum Gasteiger partial charge on any atom is -0.484 e. The zero-order valence-corrected chi connectivity index (χ0v) is 14.5. The number of hydrogen-bond donors (Lipinski definition) is 0. The second-order valence-corrected chi connectivity index (χ2v) is 7.14. The molecule has 4 rings (SSSR count). The zero-order chi connectivity index (χ0) is 17.1. The van der Waals surface area contributed by atoms with Gasteiger partial charge in [0.25, 0.3) is 5.91 Å². The van der Waals surface area contributed by atoms with Crippen LogP contribution in [0.15, 0.2) is 42.5 Å². The van der Waals surface area contributed by atoms with Crippen LogP contribution in [0.4, 0.5) is 0 Å². The van der Waals surface area contributed by atoms with E-state index >= 15 is 0 Å². The molecule has 0 spiro atoms. The van der Waals surface area contributed by atoms with E-state index in [0.717, 1.165) is 50.3 Å². The number of carbonyl (C=O) groups excluding carboxylic acids is 1. The molecule has 4 nitrogen and oxygen atoms in total. The van der Waals surface area contributed by atoms with E-state index in [0.29, 0.717) is 11.8 Å². The van der Waals surface area contributed by atoms with Gasteiger partial charge in [0.15, 0.2) is 6.61 Å². The molecule has 2 aliphatic heterocycles. The average molecular weight is 339 g/mol. The Morgan fingerprint density at radius 1 is 1.04 bits per heavy atom. The Morgan fingerprint density at radius 2 is 1.84 bits per heavy atom. The molecule has 0 aromatic heterocycles. The van der Waals surface area contributed by atoms with Crippen LogP contribution in [0, 0.1) is 11.8 Å². The Hall–Kier alpha value is -2.07. The molecule has 2 aromatic rings. The van der Waals surface area contributed by atoms with Crippen molar-refractivity contribution in [3.63, 3.8) is 0 Å². The molecule has 1 unspecified atom stereocenters. The van der Waals surface area contributed by atoms with Gasteiger partial charge in [0, 0.05) is 26.3 Å². The summed E-state index contributed by atoms with van der Waals surface area (Å²) in [6.45, 7) is 3.63. The van der Waals surface area contributed by atoms with Gasteiger partial charge in [0.1, 0.15) is 5.75 Å². The minimum atomic E-state index is 0.0919. The van der Waals surface area contributed by atoms with Crippen LogP contribution in [0.3, 0.4) is 0 Å². The Kier molecular flexibility index (Phi) is 4.88. The van der Waals surface area contributed by atoms with E-state index < -0.39 is 0 Å². The highest BCUT2D eigenvalue weighted by molar-refractivity contribution is 5.84. The third-order valence-electron chi connectivity index (χ3n) is 5.61. The van der Waals surface area contributed by atoms with Crippen LogP contribution >= 0.6 is 0 Å². The number of fused-ring (bicyclic) bond motifs is 1. The van der Waals surface area contributed by atoms with Gasteiger partial charge in [0.05, 0.1) is 0 Å². The van der Waals surface area contributed by atoms with Crippen LogP contribution < -0.4 is 4.74 Å². The van der Waals surface area contributed by atoms with E-state index in [1.807, 2.05) is 35.2 Å². The molecule has 0 N–H and O–H groups in total. The summed E-state index contributed by atoms with van der Waals surface area (Å²) in [5.41, 5.74) is 0. The smallest absolute Gasteiger partial charge is 0.260 e. The van der Waals surface area contributed by atoms with Crippen molar-refractivity contribution in [1.82, 2.24) is 4.90 Å². The molecule has 0 saturated carbocycles. The van der Waals surface area contributed by atoms with Gasteiger partial charge in [-0.05, 0) is 54.0 Å². The summed E-state index contributed by atoms with van der Waals surface area (Å²) in [4.78, 5) is 14.4. The maximum absolute atomic E-state index is 12.4. The van der Waals surface area contributed by atoms with Gasteiger partial charge in [-0.2, -0.15) is 0 Å². The van der Waals surface area contributed by atoms with Crippen LogP contribution in [-0.2, 0) is 9.53 Å². The monoisotopic (exact) mass is 339 g/mol. The van der Waals surface area contributed by atoms with E-state index in [1.54, 1.807) is 0 Å². The molecular weight excluding hydrogens is 314 g/mol. The fourth-order valence-electron chi connectivity index (χ4n) is 4.04. The highest BCUT2D eigenvalue weighted by Gasteiger charge is 2.30. The quantitative estimate of drug-likeness (QED) is 0.856. The highest BCUT2D eigenvalue weighted by atomic mass is 16.5. The highest BCUT2D eigenvalue weighted by Crippen LogP contribution is 2.30. The number of ether oxygens (including phenoxy) is 2. The second kappa shape index (κ2) is 7.44. The summed E-state index contributed by atoms with van der Waals surface area (Å²) >= 11 is 0. The van der Waals surface area contributed by atoms with Crippen molar-refractivity contribution in [3.8, 4) is 5.75 Å². The fraction of sp³-hybridized carbons (Fsp3) is 0.476. The predicted octanol–water partition coefficient (Wildman–Crippen LogP) is 3.49. The van der Waals surface area contributed by atoms with E-state index in [9.17, 15) is 4.79 Å². The molecule has 132 valence electrons. The second-order valence-electron chi connectivity index (χ2n) is 7.14. The topological polar surface area (TPSA) is 38.8 Å². The number of nitrogens with zero attached hydrogens (tertiary/aromatic N) is 1. The number of rotatable bonds is 4. The molecule has 2 aliphatic rings. The van der Waals surface area contributed by atoms with Crippen LogP contribution in [0.5, 0.6) is 5.75 Å². The van der Waals surface area contributed by atoms with Crippen molar-refractivity contribution in [2.45, 2.75) is 19.3 Å². The van der Waals surface area contributed by atoms with E-state index in [2.05, 4.69) is 12.1 Å². The van der Waals surface area contributed by atoms with E-state index in [4.69, 9.17) is 9.47 Å².